The number of carbonyl (C=O) groups is 2. The largest absolute Gasteiger partial charge is 0.415 e. The molecule has 0 saturated carbocycles. The van der Waals surface area contributed by atoms with Crippen LogP contribution in [0.4, 0.5) is 9.59 Å². The van der Waals surface area contributed by atoms with E-state index < -0.39 is 11.5 Å². The Hall–Kier alpha value is -4.40. The average Bonchev–Trinajstić information content (AvgIpc) is 4.05. The topological polar surface area (TPSA) is 129 Å². The van der Waals surface area contributed by atoms with Crippen LogP contribution < -0.4 is 14.8 Å². The molecule has 2 aromatic heterocycles. The van der Waals surface area contributed by atoms with Gasteiger partial charge in [0.1, 0.15) is 23.1 Å². The molecule has 316 valence electrons. The Labute approximate surface area is 379 Å². The quantitative estimate of drug-likeness (QED) is 0.148. The normalized spacial score (nSPS) is 15.6. The highest BCUT2D eigenvalue weighted by atomic mass is 35.5. The molecule has 60 heavy (non-hydrogen) atoms. The Bertz CT molecular complexity index is 2300. The minimum absolute atomic E-state index is 0. The van der Waals surface area contributed by atoms with Gasteiger partial charge in [0.05, 0.1) is 25.2 Å². The molecule has 2 saturated heterocycles. The summed E-state index contributed by atoms with van der Waals surface area (Å²) >= 11 is 28.3. The van der Waals surface area contributed by atoms with E-state index in [1.165, 1.54) is 12.0 Å². The molecule has 1 amide bonds. The summed E-state index contributed by atoms with van der Waals surface area (Å²) in [5, 5.41) is 23.3. The van der Waals surface area contributed by atoms with Crippen LogP contribution in [0.2, 0.25) is 20.1 Å². The van der Waals surface area contributed by atoms with Crippen molar-refractivity contribution in [3.05, 3.63) is 152 Å². The van der Waals surface area contributed by atoms with Gasteiger partial charge in [-0.3, -0.25) is 4.90 Å². The van der Waals surface area contributed by atoms with E-state index in [-0.39, 0.29) is 18.4 Å². The van der Waals surface area contributed by atoms with Gasteiger partial charge in [-0.25, -0.2) is 9.59 Å². The fourth-order valence-corrected chi connectivity index (χ4v) is 7.24. The third-order valence-corrected chi connectivity index (χ3v) is 10.7. The van der Waals surface area contributed by atoms with E-state index >= 15 is 0 Å². The van der Waals surface area contributed by atoms with Crippen molar-refractivity contribution in [3.8, 4) is 11.5 Å². The number of hydrogen-bond donors (Lipinski definition) is 1. The molecule has 1 N–H and O–H groups in total. The molecular weight excluding hydrogens is 893 g/mol. The molecule has 2 fully saturated rings. The van der Waals surface area contributed by atoms with E-state index in [0.29, 0.717) is 45.7 Å². The highest BCUT2D eigenvalue weighted by molar-refractivity contribution is 6.61. The highest BCUT2D eigenvalue weighted by Crippen LogP contribution is 2.33. The van der Waals surface area contributed by atoms with Crippen LogP contribution in [0.3, 0.4) is 0 Å². The molecular formula is C42H42Cl6N8O4. The number of carbonyl (C=O) groups excluding carboxylic acids is 2. The van der Waals surface area contributed by atoms with Crippen molar-refractivity contribution in [2.24, 2.45) is 0 Å². The fourth-order valence-electron chi connectivity index (χ4n) is 6.65. The molecule has 0 aliphatic carbocycles. The molecule has 0 bridgehead atoms. The second kappa shape index (κ2) is 22.4. The van der Waals surface area contributed by atoms with E-state index in [1.807, 2.05) is 66.9 Å². The highest BCUT2D eigenvalue weighted by Gasteiger charge is 2.35. The van der Waals surface area contributed by atoms with Crippen LogP contribution in [-0.4, -0.2) is 59.0 Å². The summed E-state index contributed by atoms with van der Waals surface area (Å²) in [7, 11) is 0. The van der Waals surface area contributed by atoms with Crippen LogP contribution in [0.1, 0.15) is 72.2 Å². The summed E-state index contributed by atoms with van der Waals surface area (Å²) in [6.07, 6.45) is 3.64. The number of aryl methyl sites for hydroxylation is 2. The molecule has 0 radical (unpaired) electrons. The van der Waals surface area contributed by atoms with E-state index in [0.717, 1.165) is 66.2 Å². The van der Waals surface area contributed by atoms with Crippen molar-refractivity contribution in [1.82, 2.24) is 39.7 Å². The number of ether oxygens (including phenoxy) is 2. The molecule has 2 aliphatic heterocycles. The molecule has 6 aromatic rings. The van der Waals surface area contributed by atoms with Gasteiger partial charge in [-0.15, -0.1) is 32.8 Å². The van der Waals surface area contributed by atoms with Crippen molar-refractivity contribution in [3.63, 3.8) is 0 Å². The molecule has 12 nitrogen and oxygen atoms in total. The number of rotatable bonds is 8. The Balaban J connectivity index is 0.000000189. The van der Waals surface area contributed by atoms with Crippen molar-refractivity contribution < 1.29 is 19.1 Å². The van der Waals surface area contributed by atoms with E-state index in [1.54, 1.807) is 53.4 Å². The minimum atomic E-state index is -0.854. The van der Waals surface area contributed by atoms with Crippen molar-refractivity contribution >= 4 is 81.9 Å². The Kier molecular flexibility index (Phi) is 17.5. The molecule has 4 heterocycles. The third-order valence-electron chi connectivity index (χ3n) is 9.62. The maximum absolute atomic E-state index is 12.8. The first-order chi connectivity index (χ1) is 28.4. The maximum Gasteiger partial charge on any atom is 0.415 e. The SMILES string of the molecule is Cc1nnc([C@H]2CCCN2)n1Cc1ccc(Cl)cc1.Cc1nnc([C@H]2CCCN2C(=O)Oc2ccc(Cl)cc2)n1Cc1ccc(Cl)cc1.Cl.O=C(Cl)Oc1ccc(Cl)cc1. The van der Waals surface area contributed by atoms with Gasteiger partial charge in [-0.1, -0.05) is 70.7 Å². The summed E-state index contributed by atoms with van der Waals surface area (Å²) in [6.45, 7) is 7.01. The van der Waals surface area contributed by atoms with Gasteiger partial charge >= 0.3 is 11.5 Å². The number of aromatic nitrogens is 6. The smallest absolute Gasteiger partial charge is 0.415 e. The molecule has 2 atom stereocenters. The lowest BCUT2D eigenvalue weighted by atomic mass is 10.2. The van der Waals surface area contributed by atoms with Crippen LogP contribution >= 0.6 is 70.4 Å². The molecule has 0 spiro atoms. The first-order valence-electron chi connectivity index (χ1n) is 18.8. The summed E-state index contributed by atoms with van der Waals surface area (Å²) in [4.78, 5) is 24.7. The van der Waals surface area contributed by atoms with Crippen molar-refractivity contribution in [1.29, 1.82) is 0 Å². The molecule has 8 rings (SSSR count). The number of halogens is 6. The maximum atomic E-state index is 12.8. The minimum Gasteiger partial charge on any atom is -0.415 e. The third kappa shape index (κ3) is 13.1. The van der Waals surface area contributed by atoms with Crippen LogP contribution in [0.15, 0.2) is 97.1 Å². The summed E-state index contributed by atoms with van der Waals surface area (Å²) in [5.41, 5.74) is 1.45. The zero-order chi connectivity index (χ0) is 41.9. The van der Waals surface area contributed by atoms with Crippen molar-refractivity contribution in [2.75, 3.05) is 13.1 Å². The lowest BCUT2D eigenvalue weighted by Gasteiger charge is -2.24. The Morgan fingerprint density at radius 1 is 0.633 bits per heavy atom. The van der Waals surface area contributed by atoms with Gasteiger partial charge in [-0.05, 0) is 130 Å². The number of nitrogens with one attached hydrogen (secondary N) is 1. The predicted octanol–water partition coefficient (Wildman–Crippen LogP) is 11.5. The zero-order valence-corrected chi connectivity index (χ0v) is 37.2. The van der Waals surface area contributed by atoms with Gasteiger partial charge in [0.2, 0.25) is 0 Å². The zero-order valence-electron chi connectivity index (χ0n) is 32.6. The first kappa shape index (κ1) is 46.7. The van der Waals surface area contributed by atoms with E-state index in [4.69, 9.17) is 62.7 Å². The number of nitrogens with zero attached hydrogens (tertiary/aromatic N) is 7. The number of likely N-dealkylation sites (tertiary alicyclic amines) is 1. The van der Waals surface area contributed by atoms with Crippen LogP contribution in [0, 0.1) is 13.8 Å². The van der Waals surface area contributed by atoms with Gasteiger partial charge in [-0.2, -0.15) is 0 Å². The molecule has 0 unspecified atom stereocenters. The lowest BCUT2D eigenvalue weighted by Crippen LogP contribution is -2.34. The second-order valence-corrected chi connectivity index (χ2v) is 15.8. The Morgan fingerprint density at radius 2 is 1.08 bits per heavy atom. The summed E-state index contributed by atoms with van der Waals surface area (Å²) in [6, 6.07) is 28.9. The lowest BCUT2D eigenvalue weighted by molar-refractivity contribution is 0.144. The molecule has 18 heteroatoms. The first-order valence-corrected chi connectivity index (χ1v) is 20.7. The van der Waals surface area contributed by atoms with Gasteiger partial charge in [0.15, 0.2) is 11.6 Å². The van der Waals surface area contributed by atoms with Gasteiger partial charge in [0, 0.05) is 38.2 Å². The van der Waals surface area contributed by atoms with Crippen molar-refractivity contribution in [2.45, 2.75) is 64.7 Å². The predicted molar refractivity (Wildman–Crippen MR) is 237 cm³/mol. The number of amides is 1. The van der Waals surface area contributed by atoms with E-state index in [2.05, 4.69) is 35.0 Å². The van der Waals surface area contributed by atoms with Crippen LogP contribution in [-0.2, 0) is 13.1 Å². The fraction of sp³-hybridized carbons (Fsp3) is 0.286. The van der Waals surface area contributed by atoms with Gasteiger partial charge in [0.25, 0.3) is 0 Å². The molecule has 4 aromatic carbocycles. The standard InChI is InChI=1S/C21H20Cl2N4O2.C14H17ClN4.C7H4Cl2O2.ClH/c1-14-24-25-20(27(14)13-15-4-6-16(22)7-5-15)19-3-2-12-26(19)21(28)29-18-10-8-17(23)9-11-18;1-10-17-18-14(13-3-2-8-16-13)19(10)9-11-4-6-12(15)7-5-11;8-5-1-3-6(4-2-5)11-7(9)10;/h4-11,19H,2-3,12-13H2,1H3;4-7,13,16H,2-3,8-9H2,1H3;1-4H;1H/t19-;13-;;/m11../s1. The van der Waals surface area contributed by atoms with Gasteiger partial charge < -0.3 is 23.9 Å². The summed E-state index contributed by atoms with van der Waals surface area (Å²) < 4.78 is 14.3. The van der Waals surface area contributed by atoms with Crippen LogP contribution in [0.25, 0.3) is 0 Å². The average molecular weight is 936 g/mol. The monoisotopic (exact) mass is 932 g/mol. The summed E-state index contributed by atoms with van der Waals surface area (Å²) in [5.74, 6) is 4.41. The molecule has 2 aliphatic rings. The Morgan fingerprint density at radius 3 is 1.55 bits per heavy atom. The second-order valence-electron chi connectivity index (χ2n) is 13.8. The van der Waals surface area contributed by atoms with E-state index in [9.17, 15) is 9.59 Å². The number of benzene rings is 4. The van der Waals surface area contributed by atoms with Crippen LogP contribution in [0.5, 0.6) is 11.5 Å². The number of hydrogen-bond acceptors (Lipinski definition) is 9.